The third-order valence-corrected chi connectivity index (χ3v) is 4.24. The first kappa shape index (κ1) is 14.4. The zero-order chi connectivity index (χ0) is 15.5. The van der Waals surface area contributed by atoms with Gasteiger partial charge in [-0.25, -0.2) is 4.99 Å². The smallest absolute Gasteiger partial charge is 0.266 e. The summed E-state index contributed by atoms with van der Waals surface area (Å²) in [5.41, 5.74) is 1.68. The molecule has 0 aromatic heterocycles. The van der Waals surface area contributed by atoms with Crippen LogP contribution in [0.1, 0.15) is 5.56 Å². The Morgan fingerprint density at radius 2 is 1.77 bits per heavy atom. The Labute approximate surface area is 132 Å². The van der Waals surface area contributed by atoms with Crippen LogP contribution in [0, 0.1) is 0 Å². The van der Waals surface area contributed by atoms with E-state index in [4.69, 9.17) is 0 Å². The number of phenols is 1. The van der Waals surface area contributed by atoms with E-state index in [2.05, 4.69) is 4.99 Å². The molecule has 0 saturated carbocycles. The number of nitrogens with zero attached hydrogens (tertiary/aromatic N) is 2. The molecule has 4 nitrogen and oxygen atoms in total. The molecule has 1 aliphatic heterocycles. The summed E-state index contributed by atoms with van der Waals surface area (Å²) in [5, 5.41) is 9.95. The van der Waals surface area contributed by atoms with E-state index in [1.807, 2.05) is 30.3 Å². The van der Waals surface area contributed by atoms with Crippen LogP contribution in [0.5, 0.6) is 5.75 Å². The Morgan fingerprint density at radius 1 is 1.09 bits per heavy atom. The number of aromatic hydroxyl groups is 1. The number of rotatable bonds is 2. The van der Waals surface area contributed by atoms with Gasteiger partial charge in [-0.3, -0.25) is 9.69 Å². The lowest BCUT2D eigenvalue weighted by molar-refractivity contribution is -0.121. The van der Waals surface area contributed by atoms with Crippen LogP contribution in [-0.2, 0) is 4.79 Å². The summed E-state index contributed by atoms with van der Waals surface area (Å²) < 4.78 is 0. The Bertz CT molecular complexity index is 752. The van der Waals surface area contributed by atoms with Gasteiger partial charge in [0.15, 0.2) is 5.17 Å². The van der Waals surface area contributed by atoms with E-state index >= 15 is 0 Å². The summed E-state index contributed by atoms with van der Waals surface area (Å²) in [6.45, 7) is 0. The summed E-state index contributed by atoms with van der Waals surface area (Å²) in [6.07, 6.45) is 1.80. The van der Waals surface area contributed by atoms with E-state index in [-0.39, 0.29) is 11.7 Å². The van der Waals surface area contributed by atoms with Crippen LogP contribution in [0.25, 0.3) is 6.08 Å². The SMILES string of the molecule is CN1C(=O)/C(=C\c2ccc(O)cc2)SC1=Nc1ccccc1. The van der Waals surface area contributed by atoms with Crippen molar-refractivity contribution < 1.29 is 9.90 Å². The number of likely N-dealkylation sites (N-methyl/N-ethyl adjacent to an activating group) is 1. The van der Waals surface area contributed by atoms with E-state index in [0.29, 0.717) is 10.1 Å². The maximum absolute atomic E-state index is 12.3. The third-order valence-electron chi connectivity index (χ3n) is 3.18. The molecule has 1 aliphatic rings. The monoisotopic (exact) mass is 310 g/mol. The molecule has 0 radical (unpaired) electrons. The molecule has 110 valence electrons. The van der Waals surface area contributed by atoms with Crippen molar-refractivity contribution in [3.05, 3.63) is 65.1 Å². The minimum atomic E-state index is -0.0762. The average Bonchev–Trinajstić information content (AvgIpc) is 2.79. The van der Waals surface area contributed by atoms with E-state index in [9.17, 15) is 9.90 Å². The Hall–Kier alpha value is -2.53. The van der Waals surface area contributed by atoms with Crippen LogP contribution in [0.15, 0.2) is 64.5 Å². The molecule has 1 amide bonds. The first-order chi connectivity index (χ1) is 10.6. The molecule has 22 heavy (non-hydrogen) atoms. The summed E-state index contributed by atoms with van der Waals surface area (Å²) in [5.74, 6) is 0.128. The van der Waals surface area contributed by atoms with Crippen molar-refractivity contribution in [3.8, 4) is 5.75 Å². The molecule has 3 rings (SSSR count). The van der Waals surface area contributed by atoms with Gasteiger partial charge >= 0.3 is 0 Å². The number of para-hydroxylation sites is 1. The number of amides is 1. The molecule has 0 unspecified atom stereocenters. The highest BCUT2D eigenvalue weighted by Crippen LogP contribution is 2.33. The summed E-state index contributed by atoms with van der Waals surface area (Å²) in [6, 6.07) is 16.3. The van der Waals surface area contributed by atoms with Gasteiger partial charge in [-0.1, -0.05) is 30.3 Å². The highest BCUT2D eigenvalue weighted by atomic mass is 32.2. The van der Waals surface area contributed by atoms with Crippen molar-refractivity contribution in [3.63, 3.8) is 0 Å². The molecule has 1 heterocycles. The number of thioether (sulfide) groups is 1. The van der Waals surface area contributed by atoms with Gasteiger partial charge in [-0.05, 0) is 47.7 Å². The minimum absolute atomic E-state index is 0.0762. The normalized spacial score (nSPS) is 18.4. The molecular weight excluding hydrogens is 296 g/mol. The second-order valence-electron chi connectivity index (χ2n) is 4.80. The van der Waals surface area contributed by atoms with Crippen LogP contribution in [0.2, 0.25) is 0 Å². The highest BCUT2D eigenvalue weighted by molar-refractivity contribution is 8.18. The van der Waals surface area contributed by atoms with Gasteiger partial charge in [0.1, 0.15) is 5.75 Å². The number of amidine groups is 1. The van der Waals surface area contributed by atoms with Crippen molar-refractivity contribution >= 4 is 34.6 Å². The lowest BCUT2D eigenvalue weighted by atomic mass is 10.2. The fourth-order valence-corrected chi connectivity index (χ4v) is 2.97. The van der Waals surface area contributed by atoms with Crippen molar-refractivity contribution in [2.75, 3.05) is 7.05 Å². The predicted octanol–water partition coefficient (Wildman–Crippen LogP) is 3.63. The fraction of sp³-hybridized carbons (Fsp3) is 0.0588. The minimum Gasteiger partial charge on any atom is -0.508 e. The predicted molar refractivity (Wildman–Crippen MR) is 90.0 cm³/mol. The van der Waals surface area contributed by atoms with Crippen molar-refractivity contribution in [2.24, 2.45) is 4.99 Å². The van der Waals surface area contributed by atoms with Crippen LogP contribution in [-0.4, -0.2) is 28.1 Å². The van der Waals surface area contributed by atoms with Crippen LogP contribution in [0.4, 0.5) is 5.69 Å². The molecule has 0 atom stereocenters. The summed E-state index contributed by atoms with van der Waals surface area (Å²) >= 11 is 1.35. The van der Waals surface area contributed by atoms with Crippen molar-refractivity contribution in [1.82, 2.24) is 4.90 Å². The maximum atomic E-state index is 12.3. The maximum Gasteiger partial charge on any atom is 0.266 e. The van der Waals surface area contributed by atoms with Crippen LogP contribution < -0.4 is 0 Å². The molecule has 2 aromatic carbocycles. The standard InChI is InChI=1S/C17H14N2O2S/c1-19-16(21)15(11-12-7-9-14(20)10-8-12)22-17(19)18-13-5-3-2-4-6-13/h2-11,20H,1H3/b15-11+,18-17?. The van der Waals surface area contributed by atoms with Crippen LogP contribution in [0.3, 0.4) is 0 Å². The van der Waals surface area contributed by atoms with Gasteiger partial charge in [0.05, 0.1) is 10.6 Å². The fourth-order valence-electron chi connectivity index (χ4n) is 1.99. The molecule has 0 spiro atoms. The molecule has 1 saturated heterocycles. The lowest BCUT2D eigenvalue weighted by Crippen LogP contribution is -2.23. The second kappa shape index (κ2) is 6.07. The zero-order valence-corrected chi connectivity index (χ0v) is 12.7. The first-order valence-corrected chi connectivity index (χ1v) is 7.55. The topological polar surface area (TPSA) is 52.9 Å². The zero-order valence-electron chi connectivity index (χ0n) is 11.9. The number of carbonyl (C=O) groups excluding carboxylic acids is 1. The molecule has 1 N–H and O–H groups in total. The molecular formula is C17H14N2O2S. The number of aliphatic imine (C=N–C) groups is 1. The average molecular weight is 310 g/mol. The lowest BCUT2D eigenvalue weighted by Gasteiger charge is -2.06. The van der Waals surface area contributed by atoms with Crippen LogP contribution >= 0.6 is 11.8 Å². The van der Waals surface area contributed by atoms with E-state index in [1.165, 1.54) is 11.8 Å². The molecule has 1 fully saturated rings. The van der Waals surface area contributed by atoms with E-state index in [1.54, 1.807) is 42.3 Å². The van der Waals surface area contributed by atoms with E-state index in [0.717, 1.165) is 11.3 Å². The molecule has 0 aliphatic carbocycles. The summed E-state index contributed by atoms with van der Waals surface area (Å²) in [7, 11) is 1.72. The van der Waals surface area contributed by atoms with E-state index < -0.39 is 0 Å². The number of carbonyl (C=O) groups is 1. The highest BCUT2D eigenvalue weighted by Gasteiger charge is 2.30. The Kier molecular flexibility index (Phi) is 3.98. The number of benzene rings is 2. The largest absolute Gasteiger partial charge is 0.508 e. The summed E-state index contributed by atoms with van der Waals surface area (Å²) in [4.78, 5) is 18.9. The van der Waals surface area contributed by atoms with Gasteiger partial charge in [0.25, 0.3) is 5.91 Å². The van der Waals surface area contributed by atoms with Gasteiger partial charge in [0, 0.05) is 7.05 Å². The van der Waals surface area contributed by atoms with Crippen molar-refractivity contribution in [2.45, 2.75) is 0 Å². The Balaban J connectivity index is 1.88. The number of phenolic OH excluding ortho intramolecular Hbond substituents is 1. The second-order valence-corrected chi connectivity index (χ2v) is 5.81. The third kappa shape index (κ3) is 3.04. The van der Waals surface area contributed by atoms with Crippen molar-refractivity contribution in [1.29, 1.82) is 0 Å². The molecule has 0 bridgehead atoms. The van der Waals surface area contributed by atoms with Gasteiger partial charge in [-0.2, -0.15) is 0 Å². The number of hydrogen-bond acceptors (Lipinski definition) is 4. The first-order valence-electron chi connectivity index (χ1n) is 6.74. The van der Waals surface area contributed by atoms with Gasteiger partial charge in [0.2, 0.25) is 0 Å². The van der Waals surface area contributed by atoms with Gasteiger partial charge < -0.3 is 5.11 Å². The quantitative estimate of drug-likeness (QED) is 0.862. The number of hydrogen-bond donors (Lipinski definition) is 1. The molecule has 5 heteroatoms. The van der Waals surface area contributed by atoms with Gasteiger partial charge in [-0.15, -0.1) is 0 Å². The molecule has 2 aromatic rings. The Morgan fingerprint density at radius 3 is 2.45 bits per heavy atom.